The van der Waals surface area contributed by atoms with Gasteiger partial charge in [0.15, 0.2) is 5.69 Å². The number of fused-ring (bicyclic) bond motifs is 8. The van der Waals surface area contributed by atoms with Gasteiger partial charge in [-0.15, -0.1) is 0 Å². The summed E-state index contributed by atoms with van der Waals surface area (Å²) in [6.45, 7) is 40.6. The van der Waals surface area contributed by atoms with E-state index in [2.05, 4.69) is 272 Å². The highest BCUT2D eigenvalue weighted by atomic mass is 127. The Balaban J connectivity index is 1.57. The largest absolute Gasteiger partial charge is 0.354 e. The van der Waals surface area contributed by atoms with Crippen molar-refractivity contribution in [2.24, 2.45) is 0 Å². The van der Waals surface area contributed by atoms with Crippen LogP contribution in [-0.2, 0) is 32.5 Å². The molecule has 2 N–H and O–H groups in total. The van der Waals surface area contributed by atoms with Crippen molar-refractivity contribution in [2.75, 3.05) is 0 Å². The third-order valence-corrected chi connectivity index (χ3v) is 15.8. The molecule has 7 nitrogen and oxygen atoms in total. The van der Waals surface area contributed by atoms with Crippen LogP contribution in [0, 0.1) is 13.7 Å². The quantitative estimate of drug-likeness (QED) is 0.102. The first kappa shape index (κ1) is 54.4. The second kappa shape index (κ2) is 19.0. The number of nitrogens with zero attached hydrogens (tertiary/aromatic N) is 3. The van der Waals surface area contributed by atoms with Gasteiger partial charge < -0.3 is 9.97 Å². The zero-order valence-corrected chi connectivity index (χ0v) is 50.2. The average Bonchev–Trinajstić information content (AvgIpc) is 4.15. The Morgan fingerprint density at radius 1 is 0.395 bits per heavy atom. The number of H-pyrrole nitrogens is 2. The van der Waals surface area contributed by atoms with E-state index < -0.39 is 0 Å². The van der Waals surface area contributed by atoms with Crippen LogP contribution >= 0.6 is 22.6 Å². The van der Waals surface area contributed by atoms with Crippen molar-refractivity contribution in [1.29, 1.82) is 0 Å². The molecule has 9 rings (SSSR count). The van der Waals surface area contributed by atoms with E-state index in [0.717, 1.165) is 81.6 Å². The maximum Gasteiger partial charge on any atom is 0.297 e. The maximum absolute atomic E-state index is 13.8. The molecule has 4 aromatic carbocycles. The Bertz CT molecular complexity index is 3630. The highest BCUT2D eigenvalue weighted by Gasteiger charge is 2.32. The fourth-order valence-corrected chi connectivity index (χ4v) is 10.5. The minimum absolute atomic E-state index is 0.0708. The highest BCUT2D eigenvalue weighted by Crippen LogP contribution is 2.45. The number of benzene rings is 4. The summed E-state index contributed by atoms with van der Waals surface area (Å²) in [7, 11) is 0. The van der Waals surface area contributed by atoms with Crippen molar-refractivity contribution in [1.82, 2.24) is 19.9 Å². The summed E-state index contributed by atoms with van der Waals surface area (Å²) in [6.07, 6.45) is 6.01. The van der Waals surface area contributed by atoms with Gasteiger partial charge in [-0.05, 0) is 159 Å². The molecule has 0 atom stereocenters. The van der Waals surface area contributed by atoms with Crippen LogP contribution in [0.25, 0.3) is 90.5 Å². The summed E-state index contributed by atoms with van der Waals surface area (Å²) in [4.78, 5) is 32.6. The second-order valence-corrected chi connectivity index (χ2v) is 28.6. The molecule has 0 radical (unpaired) electrons. The molecule has 0 saturated heterocycles. The predicted molar refractivity (Wildman–Crippen MR) is 331 cm³/mol. The second-order valence-electron chi connectivity index (χ2n) is 27.3. The molecule has 0 spiro atoms. The lowest BCUT2D eigenvalue weighted by Gasteiger charge is -2.26. The van der Waals surface area contributed by atoms with E-state index in [-0.39, 0.29) is 43.1 Å². The number of nitro groups is 1. The molecule has 7 aromatic rings. The molecule has 2 aliphatic heterocycles. The molecule has 392 valence electrons. The van der Waals surface area contributed by atoms with Crippen LogP contribution in [0.4, 0.5) is 0 Å². The van der Waals surface area contributed by atoms with Gasteiger partial charge in [0.2, 0.25) is 0 Å². The summed E-state index contributed by atoms with van der Waals surface area (Å²) in [5.74, 6) is 0. The van der Waals surface area contributed by atoms with E-state index in [1.54, 1.807) is 6.08 Å². The van der Waals surface area contributed by atoms with Gasteiger partial charge in [0.05, 0.1) is 22.0 Å². The lowest BCUT2D eigenvalue weighted by molar-refractivity contribution is -0.374. The number of rotatable bonds is 5. The standard InChI is InChI=1S/C68H76IN5O2/c1-63(2,3)43-29-40(30-44(35-43)64(4,5)6)59-51-24-23-50(70-51)58(39-19-21-49(69)22-20-39)56-38-57(74(75)76)62(73-56)61(42-33-47(67(13,14)15)37-48(34-42)68(16,17)18)55-28-27-54(72-55)60(53-26-25-52(59)71-53)41-31-45(65(7,8)9)36-46(32-41)66(10,11)12/h19-38,70,72H,1-18H3. The lowest BCUT2D eigenvalue weighted by atomic mass is 9.78. The maximum atomic E-state index is 13.8. The van der Waals surface area contributed by atoms with Crippen LogP contribution < -0.4 is 0 Å². The summed E-state index contributed by atoms with van der Waals surface area (Å²) >= 11 is 2.33. The molecule has 5 heterocycles. The van der Waals surface area contributed by atoms with E-state index in [1.807, 2.05) is 0 Å². The van der Waals surface area contributed by atoms with Crippen LogP contribution in [0.3, 0.4) is 0 Å². The average molecular weight is 1120 g/mol. The number of aromatic amines is 2. The van der Waals surface area contributed by atoms with Crippen LogP contribution in [0.15, 0.2) is 103 Å². The first-order valence-corrected chi connectivity index (χ1v) is 27.8. The van der Waals surface area contributed by atoms with Crippen LogP contribution in [0.5, 0.6) is 0 Å². The molecule has 3 aromatic heterocycles. The predicted octanol–water partition coefficient (Wildman–Crippen LogP) is 19.3. The van der Waals surface area contributed by atoms with Gasteiger partial charge in [0, 0.05) is 54.0 Å². The third-order valence-electron chi connectivity index (χ3n) is 15.0. The molecule has 0 amide bonds. The van der Waals surface area contributed by atoms with E-state index in [4.69, 9.17) is 9.97 Å². The van der Waals surface area contributed by atoms with E-state index in [1.165, 1.54) is 22.3 Å². The number of hydrogen-bond acceptors (Lipinski definition) is 4. The molecular formula is C68H76IN5O2. The summed E-state index contributed by atoms with van der Waals surface area (Å²) in [6, 6.07) is 37.5. The Labute approximate surface area is 465 Å². The highest BCUT2D eigenvalue weighted by molar-refractivity contribution is 14.1. The van der Waals surface area contributed by atoms with Crippen molar-refractivity contribution in [3.05, 3.63) is 173 Å². The van der Waals surface area contributed by atoms with Gasteiger partial charge in [-0.1, -0.05) is 191 Å². The van der Waals surface area contributed by atoms with Gasteiger partial charge in [-0.2, -0.15) is 0 Å². The van der Waals surface area contributed by atoms with Crippen molar-refractivity contribution < 1.29 is 4.92 Å². The Morgan fingerprint density at radius 3 is 1.01 bits per heavy atom. The molecular weight excluding hydrogens is 1050 g/mol. The molecule has 8 heteroatoms. The number of halogens is 1. The smallest absolute Gasteiger partial charge is 0.297 e. The molecule has 0 saturated carbocycles. The molecule has 76 heavy (non-hydrogen) atoms. The van der Waals surface area contributed by atoms with E-state index >= 15 is 0 Å². The molecule has 0 fully saturated rings. The zero-order valence-electron chi connectivity index (χ0n) is 48.1. The molecule has 2 aliphatic rings. The van der Waals surface area contributed by atoms with Crippen LogP contribution in [0.1, 0.15) is 181 Å². The number of hydrogen-bond donors (Lipinski definition) is 2. The SMILES string of the molecule is CC(C)(C)c1cc(-c2c3nc(c(-c4cc(C(C)(C)C)cc(C(C)(C)C)c4)c4ccc([nH]4)c(-c4cc(C(C)(C)C)cc(C(C)(C)C)c4)c4nc(c(-c5ccc(I)cc5)c5ccc2[nH]5)C=C4[N+](=O)[O-])C=C3)cc(C(C)(C)C)c1. The van der Waals surface area contributed by atoms with Gasteiger partial charge in [-0.25, -0.2) is 9.97 Å². The molecule has 0 unspecified atom stereocenters. The van der Waals surface area contributed by atoms with Crippen molar-refractivity contribution in [3.63, 3.8) is 0 Å². The summed E-state index contributed by atoms with van der Waals surface area (Å²) in [5.41, 5.74) is 18.8. The fourth-order valence-electron chi connectivity index (χ4n) is 10.1. The number of nitrogens with one attached hydrogen (secondary N) is 2. The third kappa shape index (κ3) is 10.8. The Morgan fingerprint density at radius 2 is 0.697 bits per heavy atom. The van der Waals surface area contributed by atoms with Gasteiger partial charge in [-0.3, -0.25) is 10.1 Å². The minimum Gasteiger partial charge on any atom is -0.354 e. The normalized spacial score (nSPS) is 13.6. The van der Waals surface area contributed by atoms with Gasteiger partial charge >= 0.3 is 0 Å². The molecule has 0 aliphatic carbocycles. The summed E-state index contributed by atoms with van der Waals surface area (Å²) in [5, 5.41) is 13.8. The first-order valence-electron chi connectivity index (χ1n) is 26.7. The minimum atomic E-state index is -0.270. The van der Waals surface area contributed by atoms with Crippen molar-refractivity contribution in [3.8, 4) is 44.5 Å². The van der Waals surface area contributed by atoms with Crippen LogP contribution in [0.2, 0.25) is 0 Å². The summed E-state index contributed by atoms with van der Waals surface area (Å²) < 4.78 is 1.08. The van der Waals surface area contributed by atoms with E-state index in [0.29, 0.717) is 22.5 Å². The van der Waals surface area contributed by atoms with Crippen LogP contribution in [-0.4, -0.2) is 24.9 Å². The topological polar surface area (TPSA) is 100 Å². The Hall–Kier alpha value is -6.39. The number of aromatic nitrogens is 4. The lowest BCUT2D eigenvalue weighted by Crippen LogP contribution is -2.16. The van der Waals surface area contributed by atoms with Gasteiger partial charge in [0.25, 0.3) is 5.70 Å². The molecule has 8 bridgehead atoms. The van der Waals surface area contributed by atoms with Crippen molar-refractivity contribution in [2.45, 2.75) is 157 Å². The monoisotopic (exact) mass is 1120 g/mol. The van der Waals surface area contributed by atoms with E-state index in [9.17, 15) is 10.1 Å². The fraction of sp³-hybridized carbons (Fsp3) is 0.353. The van der Waals surface area contributed by atoms with Crippen molar-refractivity contribution >= 4 is 68.6 Å². The van der Waals surface area contributed by atoms with Gasteiger partial charge in [0.1, 0.15) is 0 Å². The Kier molecular flexibility index (Phi) is 13.6. The zero-order chi connectivity index (χ0) is 55.4. The first-order chi connectivity index (χ1) is 35.1.